The standard InChI is InChI=1S/C22H20F2N4OS2/c23-16-2-5-18(6-3-16)30-13-8-21(29)28(11-1-10-27-12-9-25-15-27)22-26-19-7-4-17(24)14-20(19)31-22/h2-7,9,12,14-15H,1,8,10-11,13H2. The molecule has 160 valence electrons. The van der Waals surface area contributed by atoms with Crippen LogP contribution in [0.2, 0.25) is 0 Å². The van der Waals surface area contributed by atoms with Crippen molar-refractivity contribution < 1.29 is 13.6 Å². The zero-order valence-corrected chi connectivity index (χ0v) is 18.2. The molecule has 5 nitrogen and oxygen atoms in total. The van der Waals surface area contributed by atoms with E-state index >= 15 is 0 Å². The second kappa shape index (κ2) is 10.0. The lowest BCUT2D eigenvalue weighted by molar-refractivity contribution is -0.118. The van der Waals surface area contributed by atoms with Crippen LogP contribution in [0.4, 0.5) is 13.9 Å². The number of hydrogen-bond acceptors (Lipinski definition) is 5. The molecule has 2 aromatic carbocycles. The molecule has 1 amide bonds. The van der Waals surface area contributed by atoms with Crippen LogP contribution in [0.1, 0.15) is 12.8 Å². The minimum absolute atomic E-state index is 0.0419. The lowest BCUT2D eigenvalue weighted by atomic mass is 10.3. The summed E-state index contributed by atoms with van der Waals surface area (Å²) in [6.07, 6.45) is 6.39. The summed E-state index contributed by atoms with van der Waals surface area (Å²) in [6.45, 7) is 1.23. The molecule has 0 saturated carbocycles. The number of benzene rings is 2. The van der Waals surface area contributed by atoms with Crippen molar-refractivity contribution in [2.75, 3.05) is 17.2 Å². The summed E-state index contributed by atoms with van der Waals surface area (Å²) in [5.74, 6) is -0.0740. The van der Waals surface area contributed by atoms with Crippen molar-refractivity contribution in [3.05, 3.63) is 72.8 Å². The summed E-state index contributed by atoms with van der Waals surface area (Å²) in [4.78, 5) is 24.2. The van der Waals surface area contributed by atoms with E-state index in [1.807, 2.05) is 10.8 Å². The van der Waals surface area contributed by atoms with Gasteiger partial charge >= 0.3 is 0 Å². The van der Waals surface area contributed by atoms with Crippen LogP contribution in [0.5, 0.6) is 0 Å². The van der Waals surface area contributed by atoms with Crippen molar-refractivity contribution in [1.82, 2.24) is 14.5 Å². The van der Waals surface area contributed by atoms with Crippen LogP contribution in [-0.2, 0) is 11.3 Å². The Morgan fingerprint density at radius 2 is 1.94 bits per heavy atom. The van der Waals surface area contributed by atoms with Gasteiger partial charge in [0.1, 0.15) is 11.6 Å². The van der Waals surface area contributed by atoms with Crippen molar-refractivity contribution in [2.45, 2.75) is 24.3 Å². The minimum Gasteiger partial charge on any atom is -0.337 e. The number of fused-ring (bicyclic) bond motifs is 1. The van der Waals surface area contributed by atoms with Crippen molar-refractivity contribution in [3.8, 4) is 0 Å². The lowest BCUT2D eigenvalue weighted by Crippen LogP contribution is -2.32. The molecule has 0 bridgehead atoms. The van der Waals surface area contributed by atoms with Gasteiger partial charge < -0.3 is 4.57 Å². The van der Waals surface area contributed by atoms with E-state index in [4.69, 9.17) is 0 Å². The molecule has 0 fully saturated rings. The fraction of sp³-hybridized carbons (Fsp3) is 0.227. The first-order chi connectivity index (χ1) is 15.1. The van der Waals surface area contributed by atoms with Crippen LogP contribution in [-0.4, -0.2) is 32.7 Å². The average Bonchev–Trinajstić information content (AvgIpc) is 3.42. The smallest absolute Gasteiger partial charge is 0.229 e. The second-order valence-electron chi connectivity index (χ2n) is 6.86. The highest BCUT2D eigenvalue weighted by atomic mass is 32.2. The quantitative estimate of drug-likeness (QED) is 0.316. The number of anilines is 1. The Kier molecular flexibility index (Phi) is 6.93. The van der Waals surface area contributed by atoms with E-state index in [9.17, 15) is 13.6 Å². The monoisotopic (exact) mass is 458 g/mol. The van der Waals surface area contributed by atoms with Gasteiger partial charge in [0.05, 0.1) is 16.5 Å². The topological polar surface area (TPSA) is 51.0 Å². The van der Waals surface area contributed by atoms with Crippen LogP contribution in [0.3, 0.4) is 0 Å². The van der Waals surface area contributed by atoms with Gasteiger partial charge in [0.2, 0.25) is 5.91 Å². The van der Waals surface area contributed by atoms with Crippen molar-refractivity contribution in [2.24, 2.45) is 0 Å². The van der Waals surface area contributed by atoms with Gasteiger partial charge in [-0.15, -0.1) is 11.8 Å². The highest BCUT2D eigenvalue weighted by Gasteiger charge is 2.19. The maximum absolute atomic E-state index is 13.6. The number of carbonyl (C=O) groups is 1. The predicted octanol–water partition coefficient (Wildman–Crippen LogP) is 5.38. The zero-order valence-electron chi connectivity index (χ0n) is 16.6. The summed E-state index contributed by atoms with van der Waals surface area (Å²) in [5, 5.41) is 0.572. The summed E-state index contributed by atoms with van der Waals surface area (Å²) in [5.41, 5.74) is 0.675. The number of aryl methyl sites for hydroxylation is 1. The first-order valence-corrected chi connectivity index (χ1v) is 11.6. The fourth-order valence-electron chi connectivity index (χ4n) is 3.08. The number of nitrogens with zero attached hydrogens (tertiary/aromatic N) is 4. The van der Waals surface area contributed by atoms with Crippen LogP contribution in [0.15, 0.2) is 66.1 Å². The van der Waals surface area contributed by atoms with E-state index in [2.05, 4.69) is 9.97 Å². The first-order valence-electron chi connectivity index (χ1n) is 9.79. The molecule has 0 radical (unpaired) electrons. The maximum atomic E-state index is 13.6. The number of halogens is 2. The Labute approximate surface area is 186 Å². The largest absolute Gasteiger partial charge is 0.337 e. The van der Waals surface area contributed by atoms with Crippen LogP contribution in [0.25, 0.3) is 10.2 Å². The number of thioether (sulfide) groups is 1. The van der Waals surface area contributed by atoms with Gasteiger partial charge in [-0.2, -0.15) is 0 Å². The molecule has 0 aliphatic rings. The van der Waals surface area contributed by atoms with E-state index in [-0.39, 0.29) is 17.5 Å². The molecule has 0 unspecified atom stereocenters. The molecule has 4 aromatic rings. The number of amides is 1. The molecule has 4 rings (SSSR count). The number of rotatable bonds is 9. The Morgan fingerprint density at radius 1 is 1.13 bits per heavy atom. The van der Waals surface area contributed by atoms with Crippen molar-refractivity contribution >= 4 is 44.4 Å². The average molecular weight is 459 g/mol. The molecule has 0 spiro atoms. The molecule has 0 aliphatic heterocycles. The van der Waals surface area contributed by atoms with Crippen LogP contribution < -0.4 is 4.90 Å². The third-order valence-corrected chi connectivity index (χ3v) is 6.68. The van der Waals surface area contributed by atoms with Gasteiger partial charge in [-0.05, 0) is 48.9 Å². The number of hydrogen-bond donors (Lipinski definition) is 0. The van der Waals surface area contributed by atoms with Gasteiger partial charge in [-0.1, -0.05) is 11.3 Å². The lowest BCUT2D eigenvalue weighted by Gasteiger charge is -2.20. The molecule has 2 aromatic heterocycles. The zero-order chi connectivity index (χ0) is 21.6. The number of carbonyl (C=O) groups excluding carboxylic acids is 1. The van der Waals surface area contributed by atoms with Gasteiger partial charge in [0.15, 0.2) is 5.13 Å². The van der Waals surface area contributed by atoms with E-state index in [0.29, 0.717) is 34.1 Å². The van der Waals surface area contributed by atoms with Crippen LogP contribution >= 0.6 is 23.1 Å². The van der Waals surface area contributed by atoms with Gasteiger partial charge in [0, 0.05) is 42.6 Å². The van der Waals surface area contributed by atoms with Crippen molar-refractivity contribution in [3.63, 3.8) is 0 Å². The van der Waals surface area contributed by atoms with Crippen molar-refractivity contribution in [1.29, 1.82) is 0 Å². The van der Waals surface area contributed by atoms with Gasteiger partial charge in [-0.25, -0.2) is 18.7 Å². The maximum Gasteiger partial charge on any atom is 0.229 e. The fourth-order valence-corrected chi connectivity index (χ4v) is 4.96. The van der Waals surface area contributed by atoms with E-state index in [1.165, 1.54) is 47.4 Å². The highest BCUT2D eigenvalue weighted by Crippen LogP contribution is 2.30. The molecule has 0 N–H and O–H groups in total. The molecule has 31 heavy (non-hydrogen) atoms. The minimum atomic E-state index is -0.323. The molecular formula is C22H20F2N4OS2. The Balaban J connectivity index is 1.44. The van der Waals surface area contributed by atoms with Crippen LogP contribution in [0, 0.1) is 11.6 Å². The summed E-state index contributed by atoms with van der Waals surface area (Å²) >= 11 is 2.82. The third-order valence-electron chi connectivity index (χ3n) is 4.63. The van der Waals surface area contributed by atoms with Gasteiger partial charge in [0.25, 0.3) is 0 Å². The summed E-state index contributed by atoms with van der Waals surface area (Å²) in [7, 11) is 0. The second-order valence-corrected chi connectivity index (χ2v) is 9.04. The molecule has 0 saturated heterocycles. The number of imidazole rings is 1. The number of aromatic nitrogens is 3. The third kappa shape index (κ3) is 5.68. The summed E-state index contributed by atoms with van der Waals surface area (Å²) < 4.78 is 29.3. The number of thiazole rings is 1. The molecule has 0 atom stereocenters. The molecule has 0 aliphatic carbocycles. The van der Waals surface area contributed by atoms with E-state index in [1.54, 1.807) is 35.6 Å². The normalized spacial score (nSPS) is 11.2. The Bertz CT molecular complexity index is 1150. The molecule has 9 heteroatoms. The molecule has 2 heterocycles. The van der Waals surface area contributed by atoms with Gasteiger partial charge in [-0.3, -0.25) is 9.69 Å². The molecular weight excluding hydrogens is 438 g/mol. The van der Waals surface area contributed by atoms with E-state index in [0.717, 1.165) is 17.9 Å². The Hall–Kier alpha value is -2.78. The predicted molar refractivity (Wildman–Crippen MR) is 121 cm³/mol. The first kappa shape index (κ1) is 21.5. The van der Waals surface area contributed by atoms with E-state index < -0.39 is 0 Å². The Morgan fingerprint density at radius 3 is 2.71 bits per heavy atom. The SMILES string of the molecule is O=C(CCSc1ccc(F)cc1)N(CCCn1ccnc1)c1nc2ccc(F)cc2s1. The highest BCUT2D eigenvalue weighted by molar-refractivity contribution is 7.99. The summed E-state index contributed by atoms with van der Waals surface area (Å²) in [6, 6.07) is 10.7.